The van der Waals surface area contributed by atoms with Gasteiger partial charge >= 0.3 is 34.9 Å². The summed E-state index contributed by atoms with van der Waals surface area (Å²) in [5.41, 5.74) is 0. The molecule has 0 aliphatic carbocycles. The molecule has 0 aliphatic rings. The van der Waals surface area contributed by atoms with Crippen LogP contribution in [0.1, 0.15) is 0 Å². The monoisotopic (exact) mass is 190 g/mol. The van der Waals surface area contributed by atoms with Crippen LogP contribution in [0, 0.1) is 0 Å². The van der Waals surface area contributed by atoms with Gasteiger partial charge < -0.3 is 0 Å². The Labute approximate surface area is 35.3 Å². The molecule has 0 atom stereocenters. The van der Waals surface area contributed by atoms with Gasteiger partial charge in [0, 0.05) is 0 Å². The molecule has 0 aliphatic heterocycles. The Balaban J connectivity index is 2.32. The second kappa shape index (κ2) is 2.20. The summed E-state index contributed by atoms with van der Waals surface area (Å²) in [7, 11) is 0. The van der Waals surface area contributed by atoms with Gasteiger partial charge in [-0.2, -0.15) is 0 Å². The van der Waals surface area contributed by atoms with Gasteiger partial charge in [-0.15, -0.1) is 0 Å². The van der Waals surface area contributed by atoms with Crippen molar-refractivity contribution >= 4 is 27.9 Å². The van der Waals surface area contributed by atoms with Gasteiger partial charge in [0.15, 0.2) is 0 Å². The molecule has 4 heavy (non-hydrogen) atoms. The zero-order chi connectivity index (χ0) is 3.58. The van der Waals surface area contributed by atoms with Gasteiger partial charge in [-0.25, -0.2) is 0 Å². The molecule has 0 unspecified atom stereocenters. The Morgan fingerprint density at radius 1 is 1.50 bits per heavy atom. The summed E-state index contributed by atoms with van der Waals surface area (Å²) >= 11 is -3.38. The van der Waals surface area contributed by atoms with Crippen LogP contribution in [0.5, 0.6) is 0 Å². The fourth-order valence-corrected chi connectivity index (χ4v) is 0. The Bertz CT molecular complexity index is 8.75. The van der Waals surface area contributed by atoms with Gasteiger partial charge in [0.25, 0.3) is 0 Å². The summed E-state index contributed by atoms with van der Waals surface area (Å²) in [5.74, 6) is 0. The summed E-state index contributed by atoms with van der Waals surface area (Å²) in [5, 5.41) is 0. The van der Waals surface area contributed by atoms with Crippen LogP contribution in [0.2, 0.25) is 0 Å². The first-order valence-electron chi connectivity index (χ1n) is 1.01. The summed E-state index contributed by atoms with van der Waals surface area (Å²) in [6.07, 6.45) is 0. The summed E-state index contributed by atoms with van der Waals surface area (Å²) in [4.78, 5) is 0. The molecule has 0 aromatic rings. The first kappa shape index (κ1) is 4.95. The first-order valence-corrected chi connectivity index (χ1v) is 17.9. The van der Waals surface area contributed by atoms with Gasteiger partial charge in [-0.3, -0.25) is 0 Å². The van der Waals surface area contributed by atoms with Crippen LogP contribution < -0.4 is 0 Å². The van der Waals surface area contributed by atoms with Crippen molar-refractivity contribution in [3.05, 3.63) is 0 Å². The SMILES string of the molecule is [F][GeH]([F])[GeH3]. The number of rotatable bonds is 0. The minimum atomic E-state index is -3.29. The Hall–Kier alpha value is 0.946. The van der Waals surface area contributed by atoms with Crippen LogP contribution in [0.4, 0.5) is 7.00 Å². The maximum atomic E-state index is 10.6. The third kappa shape index (κ3) is 12.5. The van der Waals surface area contributed by atoms with Crippen molar-refractivity contribution < 1.29 is 7.00 Å². The summed E-state index contributed by atoms with van der Waals surface area (Å²) < 4.78 is 21.2. The molecule has 0 saturated heterocycles. The molecule has 4 heteroatoms. The van der Waals surface area contributed by atoms with Gasteiger partial charge in [-0.1, -0.05) is 0 Å². The third-order valence-corrected chi connectivity index (χ3v) is 0. The van der Waals surface area contributed by atoms with Crippen molar-refractivity contribution in [2.24, 2.45) is 0 Å². The maximum absolute atomic E-state index is 10.6. The van der Waals surface area contributed by atoms with E-state index >= 15 is 0 Å². The molecule has 26 valence electrons. The van der Waals surface area contributed by atoms with Crippen molar-refractivity contribution in [2.45, 2.75) is 0 Å². The molecule has 0 aromatic carbocycles. The summed E-state index contributed by atoms with van der Waals surface area (Å²) in [6, 6.07) is 0. The van der Waals surface area contributed by atoms with E-state index in [9.17, 15) is 7.00 Å². The molecule has 0 spiro atoms. The van der Waals surface area contributed by atoms with E-state index in [1.54, 1.807) is 0 Å². The molecule has 0 heterocycles. The average molecular weight is 187 g/mol. The van der Waals surface area contributed by atoms with E-state index in [1.807, 2.05) is 0 Å². The van der Waals surface area contributed by atoms with Crippen LogP contribution in [0.3, 0.4) is 0 Å². The standard InChI is InChI=1S/F2Ge2H4/c1-4(2)3/h4H,3H3. The quantitative estimate of drug-likeness (QED) is 0.427. The topological polar surface area (TPSA) is 0 Å². The molecule has 0 saturated carbocycles. The van der Waals surface area contributed by atoms with Crippen molar-refractivity contribution in [1.29, 1.82) is 0 Å². The molecular formula is H4F2Ge2. The summed E-state index contributed by atoms with van der Waals surface area (Å²) in [6.45, 7) is 0. The molecule has 0 rings (SSSR count). The molecule has 0 fully saturated rings. The second-order valence-electron chi connectivity index (χ2n) is 0.519. The number of hydrogen-bond donors (Lipinski definition) is 0. The van der Waals surface area contributed by atoms with Crippen molar-refractivity contribution in [2.75, 3.05) is 0 Å². The van der Waals surface area contributed by atoms with Gasteiger partial charge in [-0.05, 0) is 0 Å². The molecule has 0 nitrogen and oxygen atoms in total. The molecule has 0 bridgehead atoms. The molecule has 0 radical (unpaired) electrons. The van der Waals surface area contributed by atoms with E-state index in [1.165, 1.54) is 0 Å². The fraction of sp³-hybridized carbons (Fsp3) is 0. The van der Waals surface area contributed by atoms with Crippen LogP contribution in [0.25, 0.3) is 0 Å². The van der Waals surface area contributed by atoms with Gasteiger partial charge in [0.2, 0.25) is 0 Å². The third-order valence-electron chi connectivity index (χ3n) is 0. The Morgan fingerprint density at radius 3 is 1.50 bits per heavy atom. The van der Waals surface area contributed by atoms with Crippen molar-refractivity contribution in [1.82, 2.24) is 0 Å². The van der Waals surface area contributed by atoms with Gasteiger partial charge in [0.1, 0.15) is 0 Å². The number of halogens is 2. The van der Waals surface area contributed by atoms with Crippen molar-refractivity contribution in [3.63, 3.8) is 0 Å². The zero-order valence-corrected chi connectivity index (χ0v) is 8.95. The normalized spacial score (nSPS) is 9.75. The average Bonchev–Trinajstić information content (AvgIpc) is 0.811. The van der Waals surface area contributed by atoms with E-state index < -0.39 is 13.3 Å². The van der Waals surface area contributed by atoms with E-state index in [2.05, 4.69) is 0 Å². The van der Waals surface area contributed by atoms with Crippen LogP contribution in [0.15, 0.2) is 0 Å². The van der Waals surface area contributed by atoms with Crippen LogP contribution in [-0.4, -0.2) is 27.9 Å². The molecule has 0 amide bonds. The van der Waals surface area contributed by atoms with Crippen molar-refractivity contribution in [3.8, 4) is 0 Å². The fourth-order valence-electron chi connectivity index (χ4n) is 0. The Kier molecular flexibility index (Phi) is 2.72. The molecule has 0 aromatic heterocycles. The van der Waals surface area contributed by atoms with E-state index in [0.29, 0.717) is 0 Å². The predicted molar refractivity (Wildman–Crippen MR) is 19.3 cm³/mol. The zero-order valence-electron chi connectivity index (χ0n) is 2.33. The van der Waals surface area contributed by atoms with Gasteiger partial charge in [0.05, 0.1) is 0 Å². The predicted octanol–water partition coefficient (Wildman–Crippen LogP) is -0.992. The minimum absolute atomic E-state index is 0.0833. The van der Waals surface area contributed by atoms with E-state index in [4.69, 9.17) is 0 Å². The van der Waals surface area contributed by atoms with E-state index in [0.717, 1.165) is 0 Å². The molecule has 0 N–H and O–H groups in total. The first-order chi connectivity index (χ1) is 1.73. The number of hydrogen-bond acceptors (Lipinski definition) is 0. The van der Waals surface area contributed by atoms with Crippen LogP contribution in [-0.2, 0) is 0 Å². The second-order valence-corrected chi connectivity index (χ2v) is 12.2. The Morgan fingerprint density at radius 2 is 1.50 bits per heavy atom. The van der Waals surface area contributed by atoms with Crippen LogP contribution >= 0.6 is 0 Å². The molecular weight excluding hydrogens is 183 g/mol. The van der Waals surface area contributed by atoms with E-state index in [-0.39, 0.29) is 14.5 Å².